The molecule has 0 aliphatic heterocycles. The quantitative estimate of drug-likeness (QED) is 0.844. The number of aliphatic hydroxyl groups is 1. The van der Waals surface area contributed by atoms with Crippen LogP contribution in [0.3, 0.4) is 0 Å². The first kappa shape index (κ1) is 11.3. The van der Waals surface area contributed by atoms with Crippen molar-refractivity contribution in [2.45, 2.75) is 26.2 Å². The van der Waals surface area contributed by atoms with Crippen molar-refractivity contribution < 1.29 is 9.90 Å². The van der Waals surface area contributed by atoms with Crippen LogP contribution >= 0.6 is 0 Å². The van der Waals surface area contributed by atoms with E-state index in [1.807, 2.05) is 25.1 Å². The van der Waals surface area contributed by atoms with Crippen LogP contribution in [0.4, 0.5) is 0 Å². The van der Waals surface area contributed by atoms with Crippen LogP contribution in [-0.2, 0) is 11.2 Å². The summed E-state index contributed by atoms with van der Waals surface area (Å²) >= 11 is 0. The highest BCUT2D eigenvalue weighted by atomic mass is 16.3. The molecule has 0 amide bonds. The van der Waals surface area contributed by atoms with Crippen LogP contribution in [0.1, 0.15) is 25.3 Å². The minimum atomic E-state index is -0.487. The van der Waals surface area contributed by atoms with Gasteiger partial charge in [-0.1, -0.05) is 37.3 Å². The Balaban J connectivity index is 2.06. The largest absolute Gasteiger partial charge is 0.395 e. The molecule has 1 aliphatic carbocycles. The average molecular weight is 218 g/mol. The van der Waals surface area contributed by atoms with Crippen molar-refractivity contribution in [3.05, 3.63) is 35.9 Å². The third-order valence-electron chi connectivity index (χ3n) is 3.68. The molecule has 2 rings (SSSR count). The molecule has 1 fully saturated rings. The van der Waals surface area contributed by atoms with Gasteiger partial charge in [0.2, 0.25) is 0 Å². The number of aliphatic hydroxyl groups excluding tert-OH is 1. The summed E-state index contributed by atoms with van der Waals surface area (Å²) in [5.74, 6) is 0.332. The maximum Gasteiger partial charge on any atom is 0.144 e. The second kappa shape index (κ2) is 4.38. The molecule has 1 aromatic carbocycles. The molecule has 2 atom stereocenters. The van der Waals surface area contributed by atoms with Crippen molar-refractivity contribution in [3.8, 4) is 0 Å². The molecular formula is C14H18O2. The molecule has 1 N–H and O–H groups in total. The summed E-state index contributed by atoms with van der Waals surface area (Å²) in [4.78, 5) is 12.1. The third kappa shape index (κ3) is 2.03. The van der Waals surface area contributed by atoms with Crippen LogP contribution in [0.5, 0.6) is 0 Å². The standard InChI is InChI=1S/C14H18O2/c1-14(10-15)8-7-12(13(14)16)9-11-5-3-2-4-6-11/h2-6,12,15H,7-10H2,1H3. The van der Waals surface area contributed by atoms with Gasteiger partial charge in [0, 0.05) is 11.3 Å². The number of Topliss-reactive ketones (excluding diaryl/α,β-unsaturated/α-hetero) is 1. The van der Waals surface area contributed by atoms with E-state index < -0.39 is 5.41 Å². The molecule has 0 aromatic heterocycles. The second-order valence-electron chi connectivity index (χ2n) is 5.01. The van der Waals surface area contributed by atoms with Gasteiger partial charge in [0.05, 0.1) is 6.61 Å². The number of carbonyl (C=O) groups excluding carboxylic acids is 1. The Labute approximate surface area is 96.3 Å². The summed E-state index contributed by atoms with van der Waals surface area (Å²) < 4.78 is 0. The molecule has 1 aromatic rings. The van der Waals surface area contributed by atoms with Gasteiger partial charge in [-0.3, -0.25) is 4.79 Å². The van der Waals surface area contributed by atoms with Gasteiger partial charge in [0.25, 0.3) is 0 Å². The number of rotatable bonds is 3. The fourth-order valence-electron chi connectivity index (χ4n) is 2.49. The highest BCUT2D eigenvalue weighted by Crippen LogP contribution is 2.39. The predicted molar refractivity (Wildman–Crippen MR) is 63.1 cm³/mol. The van der Waals surface area contributed by atoms with Gasteiger partial charge >= 0.3 is 0 Å². The van der Waals surface area contributed by atoms with Crippen molar-refractivity contribution in [2.75, 3.05) is 6.61 Å². The molecule has 2 heteroatoms. The molecular weight excluding hydrogens is 200 g/mol. The van der Waals surface area contributed by atoms with Gasteiger partial charge < -0.3 is 5.11 Å². The summed E-state index contributed by atoms with van der Waals surface area (Å²) in [6, 6.07) is 10.1. The monoisotopic (exact) mass is 218 g/mol. The van der Waals surface area contributed by atoms with Crippen LogP contribution in [0.15, 0.2) is 30.3 Å². The zero-order chi connectivity index (χ0) is 11.6. The Kier molecular flexibility index (Phi) is 3.10. The predicted octanol–water partition coefficient (Wildman–Crippen LogP) is 2.21. The van der Waals surface area contributed by atoms with Crippen LogP contribution in [0.25, 0.3) is 0 Å². The van der Waals surface area contributed by atoms with Crippen LogP contribution in [0.2, 0.25) is 0 Å². The number of carbonyl (C=O) groups is 1. The van der Waals surface area contributed by atoms with E-state index >= 15 is 0 Å². The molecule has 86 valence electrons. The fraction of sp³-hybridized carbons (Fsp3) is 0.500. The van der Waals surface area contributed by atoms with Crippen LogP contribution in [0, 0.1) is 11.3 Å². The van der Waals surface area contributed by atoms with Gasteiger partial charge in [-0.25, -0.2) is 0 Å². The highest BCUT2D eigenvalue weighted by Gasteiger charge is 2.43. The molecule has 1 saturated carbocycles. The number of ketones is 1. The lowest BCUT2D eigenvalue weighted by atomic mass is 9.86. The van der Waals surface area contributed by atoms with Gasteiger partial charge in [0.1, 0.15) is 5.78 Å². The fourth-order valence-corrected chi connectivity index (χ4v) is 2.49. The first-order valence-corrected chi connectivity index (χ1v) is 5.85. The number of hydrogen-bond donors (Lipinski definition) is 1. The Bertz CT molecular complexity index is 372. The summed E-state index contributed by atoms with van der Waals surface area (Å²) in [7, 11) is 0. The van der Waals surface area contributed by atoms with E-state index in [4.69, 9.17) is 0 Å². The minimum absolute atomic E-state index is 0.0167. The Morgan fingerprint density at radius 3 is 2.62 bits per heavy atom. The Hall–Kier alpha value is -1.15. The SMILES string of the molecule is CC1(CO)CCC(Cc2ccccc2)C1=O. The van der Waals surface area contributed by atoms with Crippen molar-refractivity contribution >= 4 is 5.78 Å². The first-order valence-electron chi connectivity index (χ1n) is 5.85. The van der Waals surface area contributed by atoms with E-state index in [2.05, 4.69) is 12.1 Å². The lowest BCUT2D eigenvalue weighted by molar-refractivity contribution is -0.129. The maximum atomic E-state index is 12.1. The smallest absolute Gasteiger partial charge is 0.144 e. The van der Waals surface area contributed by atoms with Crippen molar-refractivity contribution in [2.24, 2.45) is 11.3 Å². The summed E-state index contributed by atoms with van der Waals surface area (Å²) in [6.07, 6.45) is 2.54. The van der Waals surface area contributed by atoms with Gasteiger partial charge in [-0.05, 0) is 24.8 Å². The second-order valence-corrected chi connectivity index (χ2v) is 5.01. The zero-order valence-electron chi connectivity index (χ0n) is 9.65. The van der Waals surface area contributed by atoms with Crippen molar-refractivity contribution in [3.63, 3.8) is 0 Å². The average Bonchev–Trinajstić information content (AvgIpc) is 2.60. The van der Waals surface area contributed by atoms with E-state index in [-0.39, 0.29) is 18.3 Å². The highest BCUT2D eigenvalue weighted by molar-refractivity contribution is 5.89. The Morgan fingerprint density at radius 2 is 2.06 bits per heavy atom. The van der Waals surface area contributed by atoms with Crippen molar-refractivity contribution in [1.82, 2.24) is 0 Å². The molecule has 16 heavy (non-hydrogen) atoms. The summed E-state index contributed by atoms with van der Waals surface area (Å²) in [5.41, 5.74) is 0.724. The molecule has 0 radical (unpaired) electrons. The molecule has 0 spiro atoms. The maximum absolute atomic E-state index is 12.1. The van der Waals surface area contributed by atoms with E-state index in [1.54, 1.807) is 0 Å². The lowest BCUT2D eigenvalue weighted by Gasteiger charge is -2.19. The van der Waals surface area contributed by atoms with Crippen LogP contribution in [-0.4, -0.2) is 17.5 Å². The number of benzene rings is 1. The van der Waals surface area contributed by atoms with Gasteiger partial charge in [-0.2, -0.15) is 0 Å². The lowest BCUT2D eigenvalue weighted by Crippen LogP contribution is -2.29. The van der Waals surface area contributed by atoms with Crippen LogP contribution < -0.4 is 0 Å². The Morgan fingerprint density at radius 1 is 1.38 bits per heavy atom. The molecule has 0 saturated heterocycles. The topological polar surface area (TPSA) is 37.3 Å². The van der Waals surface area contributed by atoms with Gasteiger partial charge in [-0.15, -0.1) is 0 Å². The first-order chi connectivity index (χ1) is 7.65. The van der Waals surface area contributed by atoms with E-state index in [1.165, 1.54) is 5.56 Å². The summed E-state index contributed by atoms with van der Waals surface area (Å²) in [6.45, 7) is 1.86. The molecule has 2 nitrogen and oxygen atoms in total. The molecule has 1 aliphatic rings. The van der Waals surface area contributed by atoms with E-state index in [0.29, 0.717) is 0 Å². The third-order valence-corrected chi connectivity index (χ3v) is 3.68. The molecule has 0 bridgehead atoms. The normalized spacial score (nSPS) is 29.6. The van der Waals surface area contributed by atoms with E-state index in [9.17, 15) is 9.90 Å². The molecule has 2 unspecified atom stereocenters. The number of hydrogen-bond acceptors (Lipinski definition) is 2. The summed E-state index contributed by atoms with van der Waals surface area (Å²) in [5, 5.41) is 9.26. The van der Waals surface area contributed by atoms with Gasteiger partial charge in [0.15, 0.2) is 0 Å². The minimum Gasteiger partial charge on any atom is -0.395 e. The van der Waals surface area contributed by atoms with Crippen molar-refractivity contribution in [1.29, 1.82) is 0 Å². The molecule has 0 heterocycles. The zero-order valence-corrected chi connectivity index (χ0v) is 9.65. The van der Waals surface area contributed by atoms with E-state index in [0.717, 1.165) is 19.3 Å².